The lowest BCUT2D eigenvalue weighted by atomic mass is 9.73. The lowest BCUT2D eigenvalue weighted by Crippen LogP contribution is -2.57. The van der Waals surface area contributed by atoms with Crippen LogP contribution in [0.5, 0.6) is 0 Å². The highest BCUT2D eigenvalue weighted by Crippen LogP contribution is 2.47. The van der Waals surface area contributed by atoms with Crippen molar-refractivity contribution in [1.82, 2.24) is 10.2 Å². The molecule has 0 aromatic carbocycles. The molecule has 2 atom stereocenters. The molecular formula is C19H32N2O5. The Morgan fingerprint density at radius 3 is 2.19 bits per heavy atom. The summed E-state index contributed by atoms with van der Waals surface area (Å²) in [5.74, 6) is -0.632. The first-order valence-electron chi connectivity index (χ1n) is 9.36. The molecule has 7 heteroatoms. The van der Waals surface area contributed by atoms with E-state index in [1.807, 2.05) is 20.8 Å². The normalized spacial score (nSPS) is 23.4. The first-order chi connectivity index (χ1) is 12.1. The van der Waals surface area contributed by atoms with E-state index in [1.165, 1.54) is 20.6 Å². The molecule has 0 unspecified atom stereocenters. The second kappa shape index (κ2) is 7.84. The Balaban J connectivity index is 2.29. The minimum atomic E-state index is -0.777. The van der Waals surface area contributed by atoms with Crippen LogP contribution in [-0.2, 0) is 19.1 Å². The number of alkyl carbamates (subject to hydrolysis) is 1. The zero-order valence-electron chi connectivity index (χ0n) is 16.6. The summed E-state index contributed by atoms with van der Waals surface area (Å²) < 4.78 is 9.65. The van der Waals surface area contributed by atoms with E-state index in [0.29, 0.717) is 13.0 Å². The van der Waals surface area contributed by atoms with Crippen molar-refractivity contribution in [3.63, 3.8) is 0 Å². The van der Waals surface area contributed by atoms with Gasteiger partial charge in [-0.1, -0.05) is 40.0 Å². The standard InChI is InChI=1S/C19H32N2O5/c1-18(2,3)14(20-17(24)26-5)15(22)21-12-19(9-7-6-8-10-19)11-13(21)16(23)25-4/h13-14H,6-12H2,1-5H3,(H,20,24)/t13-,14+/m0/s1. The zero-order chi connectivity index (χ0) is 19.5. The molecule has 7 nitrogen and oxygen atoms in total. The van der Waals surface area contributed by atoms with E-state index < -0.39 is 23.6 Å². The number of rotatable bonds is 3. The molecule has 0 aromatic heterocycles. The van der Waals surface area contributed by atoms with E-state index in [9.17, 15) is 14.4 Å². The van der Waals surface area contributed by atoms with Crippen LogP contribution >= 0.6 is 0 Å². The van der Waals surface area contributed by atoms with Gasteiger partial charge in [-0.25, -0.2) is 9.59 Å². The fourth-order valence-corrected chi connectivity index (χ4v) is 4.29. The third-order valence-electron chi connectivity index (χ3n) is 5.74. The Bertz CT molecular complexity index is 549. The van der Waals surface area contributed by atoms with Gasteiger partial charge in [0.2, 0.25) is 5.91 Å². The molecule has 2 amide bonds. The Hall–Kier alpha value is -1.79. The molecular weight excluding hydrogens is 336 g/mol. The van der Waals surface area contributed by atoms with Gasteiger partial charge in [-0.15, -0.1) is 0 Å². The van der Waals surface area contributed by atoms with Crippen LogP contribution < -0.4 is 5.32 Å². The van der Waals surface area contributed by atoms with Crippen LogP contribution in [0.1, 0.15) is 59.3 Å². The molecule has 0 bridgehead atoms. The van der Waals surface area contributed by atoms with Gasteiger partial charge in [0.15, 0.2) is 0 Å². The van der Waals surface area contributed by atoms with Crippen molar-refractivity contribution < 1.29 is 23.9 Å². The van der Waals surface area contributed by atoms with Gasteiger partial charge in [-0.3, -0.25) is 4.79 Å². The molecule has 2 rings (SSSR count). The maximum atomic E-state index is 13.3. The maximum absolute atomic E-state index is 13.3. The summed E-state index contributed by atoms with van der Waals surface area (Å²) in [6, 6.07) is -1.37. The first-order valence-corrected chi connectivity index (χ1v) is 9.36. The molecule has 1 spiro atoms. The molecule has 148 valence electrons. The molecule has 0 radical (unpaired) electrons. The minimum absolute atomic E-state index is 0.0134. The number of esters is 1. The second-order valence-electron chi connectivity index (χ2n) is 8.70. The van der Waals surface area contributed by atoms with Crippen LogP contribution in [0.2, 0.25) is 0 Å². The summed E-state index contributed by atoms with van der Waals surface area (Å²) in [7, 11) is 2.62. The Labute approximate surface area is 155 Å². The van der Waals surface area contributed by atoms with Crippen LogP contribution in [0.4, 0.5) is 4.79 Å². The molecule has 26 heavy (non-hydrogen) atoms. The van der Waals surface area contributed by atoms with Crippen LogP contribution in [0.15, 0.2) is 0 Å². The number of nitrogens with zero attached hydrogens (tertiary/aromatic N) is 1. The van der Waals surface area contributed by atoms with Crippen molar-refractivity contribution in [2.45, 2.75) is 71.4 Å². The number of carbonyl (C=O) groups is 3. The summed E-state index contributed by atoms with van der Waals surface area (Å²) in [4.78, 5) is 39.1. The van der Waals surface area contributed by atoms with Crippen molar-refractivity contribution in [3.05, 3.63) is 0 Å². The third-order valence-corrected chi connectivity index (χ3v) is 5.74. The molecule has 1 heterocycles. The van der Waals surface area contributed by atoms with Crippen molar-refractivity contribution in [2.24, 2.45) is 10.8 Å². The highest BCUT2D eigenvalue weighted by Gasteiger charge is 2.51. The quantitative estimate of drug-likeness (QED) is 0.774. The molecule has 2 fully saturated rings. The Kier molecular flexibility index (Phi) is 6.19. The zero-order valence-corrected chi connectivity index (χ0v) is 16.6. The van der Waals surface area contributed by atoms with Crippen molar-refractivity contribution in [3.8, 4) is 0 Å². The van der Waals surface area contributed by atoms with Gasteiger partial charge in [0, 0.05) is 6.54 Å². The van der Waals surface area contributed by atoms with E-state index in [2.05, 4.69) is 10.1 Å². The average Bonchev–Trinajstić information content (AvgIpc) is 2.96. The van der Waals surface area contributed by atoms with E-state index in [1.54, 1.807) is 4.90 Å². The third kappa shape index (κ3) is 4.30. The van der Waals surface area contributed by atoms with Gasteiger partial charge >= 0.3 is 12.1 Å². The van der Waals surface area contributed by atoms with Crippen molar-refractivity contribution in [2.75, 3.05) is 20.8 Å². The van der Waals surface area contributed by atoms with Gasteiger partial charge in [0.1, 0.15) is 12.1 Å². The molecule has 1 saturated heterocycles. The highest BCUT2D eigenvalue weighted by molar-refractivity contribution is 5.91. The minimum Gasteiger partial charge on any atom is -0.467 e. The van der Waals surface area contributed by atoms with Crippen LogP contribution in [0, 0.1) is 10.8 Å². The molecule has 2 aliphatic rings. The van der Waals surface area contributed by atoms with Crippen LogP contribution in [-0.4, -0.2) is 55.7 Å². The fourth-order valence-electron chi connectivity index (χ4n) is 4.29. The van der Waals surface area contributed by atoms with E-state index in [4.69, 9.17) is 4.74 Å². The molecule has 1 N–H and O–H groups in total. The average molecular weight is 368 g/mol. The summed E-state index contributed by atoms with van der Waals surface area (Å²) in [6.07, 6.45) is 5.48. The number of likely N-dealkylation sites (tertiary alicyclic amines) is 1. The first kappa shape index (κ1) is 20.5. The van der Waals surface area contributed by atoms with Crippen LogP contribution in [0.3, 0.4) is 0 Å². The summed E-state index contributed by atoms with van der Waals surface area (Å²) in [5.41, 5.74) is -0.533. The number of methoxy groups -OCH3 is 2. The molecule has 1 aliphatic heterocycles. The molecule has 0 aromatic rings. The summed E-state index contributed by atoms with van der Waals surface area (Å²) in [6.45, 7) is 6.18. The van der Waals surface area contributed by atoms with Gasteiger partial charge in [0.05, 0.1) is 14.2 Å². The van der Waals surface area contributed by atoms with E-state index in [-0.39, 0.29) is 17.3 Å². The number of ether oxygens (including phenoxy) is 2. The summed E-state index contributed by atoms with van der Waals surface area (Å²) in [5, 5.41) is 2.65. The largest absolute Gasteiger partial charge is 0.467 e. The fraction of sp³-hybridized carbons (Fsp3) is 0.842. The lowest BCUT2D eigenvalue weighted by molar-refractivity contribution is -0.152. The topological polar surface area (TPSA) is 84.9 Å². The predicted molar refractivity (Wildman–Crippen MR) is 96.4 cm³/mol. The van der Waals surface area contributed by atoms with Gasteiger partial charge in [-0.2, -0.15) is 0 Å². The second-order valence-corrected chi connectivity index (χ2v) is 8.70. The number of carbonyl (C=O) groups excluding carboxylic acids is 3. The van der Waals surface area contributed by atoms with E-state index >= 15 is 0 Å². The van der Waals surface area contributed by atoms with Gasteiger partial charge in [-0.05, 0) is 30.1 Å². The Morgan fingerprint density at radius 2 is 1.69 bits per heavy atom. The Morgan fingerprint density at radius 1 is 1.08 bits per heavy atom. The molecule has 1 aliphatic carbocycles. The lowest BCUT2D eigenvalue weighted by Gasteiger charge is -2.36. The SMILES string of the molecule is COC(=O)N[C@H](C(=O)N1CC2(CCCCC2)C[C@H]1C(=O)OC)C(C)(C)C. The molecule has 1 saturated carbocycles. The monoisotopic (exact) mass is 368 g/mol. The highest BCUT2D eigenvalue weighted by atomic mass is 16.5. The van der Waals surface area contributed by atoms with E-state index in [0.717, 1.165) is 25.7 Å². The van der Waals surface area contributed by atoms with Crippen molar-refractivity contribution in [1.29, 1.82) is 0 Å². The maximum Gasteiger partial charge on any atom is 0.407 e. The van der Waals surface area contributed by atoms with Crippen LogP contribution in [0.25, 0.3) is 0 Å². The summed E-state index contributed by atoms with van der Waals surface area (Å²) >= 11 is 0. The van der Waals surface area contributed by atoms with Gasteiger partial charge in [0.25, 0.3) is 0 Å². The number of hydrogen-bond donors (Lipinski definition) is 1. The predicted octanol–water partition coefficient (Wildman–Crippen LogP) is 2.48. The van der Waals surface area contributed by atoms with Crippen molar-refractivity contribution >= 4 is 18.0 Å². The number of hydrogen-bond acceptors (Lipinski definition) is 5. The number of nitrogens with one attached hydrogen (secondary N) is 1. The van der Waals surface area contributed by atoms with Gasteiger partial charge < -0.3 is 19.7 Å². The smallest absolute Gasteiger partial charge is 0.407 e. The number of amides is 2.